The highest BCUT2D eigenvalue weighted by atomic mass is 16.7. The second-order valence-electron chi connectivity index (χ2n) is 9.75. The van der Waals surface area contributed by atoms with Gasteiger partial charge in [0.25, 0.3) is 0 Å². The van der Waals surface area contributed by atoms with Crippen LogP contribution >= 0.6 is 0 Å². The molecule has 2 aliphatic rings. The lowest BCUT2D eigenvalue weighted by Gasteiger charge is -2.21. The van der Waals surface area contributed by atoms with Crippen molar-refractivity contribution in [1.82, 2.24) is 14.7 Å². The van der Waals surface area contributed by atoms with Crippen molar-refractivity contribution < 1.29 is 28.6 Å². The molecule has 2 fully saturated rings. The number of benzene rings is 1. The number of hydrogen-bond donors (Lipinski definition) is 1. The number of hydrogen-bond acceptors (Lipinski definition) is 8. The fourth-order valence-electron chi connectivity index (χ4n) is 4.31. The van der Waals surface area contributed by atoms with E-state index in [4.69, 9.17) is 23.7 Å². The van der Waals surface area contributed by atoms with Gasteiger partial charge < -0.3 is 23.8 Å². The number of fused-ring (bicyclic) bond motifs is 1. The third-order valence-corrected chi connectivity index (χ3v) is 5.88. The topological polar surface area (TPSA) is 109 Å². The molecule has 1 atom stereocenters. The summed E-state index contributed by atoms with van der Waals surface area (Å²) in [5, 5.41) is 15.3. The number of carbonyl (C=O) groups excluding carboxylic acids is 1. The lowest BCUT2D eigenvalue weighted by molar-refractivity contribution is -0.121. The lowest BCUT2D eigenvalue weighted by Crippen LogP contribution is -2.28. The highest BCUT2D eigenvalue weighted by Gasteiger charge is 2.36. The molecular formula is C24H29N3O6. The fraction of sp³-hybridized carbons (Fsp3) is 0.542. The summed E-state index contributed by atoms with van der Waals surface area (Å²) < 4.78 is 23.8. The van der Waals surface area contributed by atoms with Crippen LogP contribution in [0.25, 0.3) is 22.2 Å². The van der Waals surface area contributed by atoms with Gasteiger partial charge >= 0.3 is 6.09 Å². The van der Waals surface area contributed by atoms with Crippen LogP contribution in [0.15, 0.2) is 16.7 Å². The first-order valence-electron chi connectivity index (χ1n) is 11.3. The highest BCUT2D eigenvalue weighted by molar-refractivity contribution is 5.93. The molecule has 176 valence electrons. The van der Waals surface area contributed by atoms with Gasteiger partial charge in [0.1, 0.15) is 23.3 Å². The molecule has 1 unspecified atom stereocenters. The number of rotatable bonds is 4. The maximum Gasteiger partial charge on any atom is 0.420 e. The lowest BCUT2D eigenvalue weighted by atomic mass is 9.97. The van der Waals surface area contributed by atoms with E-state index in [1.54, 1.807) is 4.57 Å². The first-order chi connectivity index (χ1) is 15.6. The van der Waals surface area contributed by atoms with Crippen molar-refractivity contribution in [3.05, 3.63) is 35.0 Å². The van der Waals surface area contributed by atoms with E-state index in [2.05, 4.69) is 5.16 Å². The predicted octanol–water partition coefficient (Wildman–Crippen LogP) is 4.38. The molecule has 0 radical (unpaired) electrons. The van der Waals surface area contributed by atoms with Crippen molar-refractivity contribution in [2.75, 3.05) is 13.2 Å². The number of imidazole rings is 1. The van der Waals surface area contributed by atoms with Crippen LogP contribution in [-0.4, -0.2) is 51.0 Å². The Bertz CT molecular complexity index is 1190. The number of ether oxygens (including phenoxy) is 3. The standard InChI is InChI=1S/C24H29N3O6/c1-12-18(13(2)33-26-12)15-10-16(20(28)22-30-8-9-31-22)19-17(11-15)27(21(25-19)14-6-7-14)23(29)32-24(3,4)5/h10-11,14,20,22,28H,6-9H2,1-5H3. The van der Waals surface area contributed by atoms with Crippen LogP contribution in [0.5, 0.6) is 0 Å². The fourth-order valence-corrected chi connectivity index (χ4v) is 4.31. The van der Waals surface area contributed by atoms with Crippen molar-refractivity contribution >= 4 is 17.1 Å². The van der Waals surface area contributed by atoms with E-state index >= 15 is 0 Å². The van der Waals surface area contributed by atoms with E-state index in [9.17, 15) is 9.90 Å². The molecule has 1 N–H and O–H groups in total. The van der Waals surface area contributed by atoms with Crippen LogP contribution in [0, 0.1) is 13.8 Å². The van der Waals surface area contributed by atoms with E-state index < -0.39 is 24.1 Å². The Kier molecular flexibility index (Phi) is 5.30. The van der Waals surface area contributed by atoms with Crippen LogP contribution in [0.4, 0.5) is 4.79 Å². The quantitative estimate of drug-likeness (QED) is 0.618. The smallest absolute Gasteiger partial charge is 0.420 e. The van der Waals surface area contributed by atoms with Crippen LogP contribution in [0.1, 0.15) is 68.5 Å². The molecule has 0 amide bonds. The molecule has 9 nitrogen and oxygen atoms in total. The van der Waals surface area contributed by atoms with Gasteiger partial charge in [0.15, 0.2) is 6.29 Å². The number of aliphatic hydroxyl groups excluding tert-OH is 1. The van der Waals surface area contributed by atoms with Crippen molar-refractivity contribution in [3.63, 3.8) is 0 Å². The van der Waals surface area contributed by atoms with Crippen LogP contribution in [0.3, 0.4) is 0 Å². The molecule has 0 spiro atoms. The van der Waals surface area contributed by atoms with E-state index in [-0.39, 0.29) is 5.92 Å². The minimum absolute atomic E-state index is 0.177. The normalized spacial score (nSPS) is 18.2. The van der Waals surface area contributed by atoms with Crippen LogP contribution in [-0.2, 0) is 14.2 Å². The number of nitrogens with zero attached hydrogens (tertiary/aromatic N) is 3. The molecule has 1 aliphatic heterocycles. The maximum absolute atomic E-state index is 13.3. The average molecular weight is 456 g/mol. The van der Waals surface area contributed by atoms with Crippen molar-refractivity contribution in [2.24, 2.45) is 0 Å². The van der Waals surface area contributed by atoms with E-state index in [1.807, 2.05) is 46.8 Å². The summed E-state index contributed by atoms with van der Waals surface area (Å²) in [5.74, 6) is 1.47. The molecule has 5 rings (SSSR count). The molecule has 0 bridgehead atoms. The summed E-state index contributed by atoms with van der Waals surface area (Å²) in [5.41, 5.74) is 3.24. The predicted molar refractivity (Wildman–Crippen MR) is 119 cm³/mol. The molecule has 2 aromatic heterocycles. The minimum atomic E-state index is -1.08. The third kappa shape index (κ3) is 4.05. The van der Waals surface area contributed by atoms with Gasteiger partial charge in [-0.15, -0.1) is 0 Å². The van der Waals surface area contributed by atoms with E-state index in [0.29, 0.717) is 47.1 Å². The second-order valence-corrected chi connectivity index (χ2v) is 9.75. The Hall–Kier alpha value is -2.75. The van der Waals surface area contributed by atoms with E-state index in [0.717, 1.165) is 24.0 Å². The number of carbonyl (C=O) groups is 1. The van der Waals surface area contributed by atoms with Crippen LogP contribution < -0.4 is 0 Å². The molecule has 9 heteroatoms. The zero-order valence-electron chi connectivity index (χ0n) is 19.5. The zero-order chi connectivity index (χ0) is 23.5. The van der Waals surface area contributed by atoms with Gasteiger partial charge in [0.05, 0.1) is 29.9 Å². The maximum atomic E-state index is 13.3. The average Bonchev–Trinajstić information content (AvgIpc) is 3.15. The Morgan fingerprint density at radius 2 is 1.91 bits per heavy atom. The molecule has 1 aliphatic carbocycles. The summed E-state index contributed by atoms with van der Waals surface area (Å²) in [7, 11) is 0. The Labute approximate surface area is 191 Å². The minimum Gasteiger partial charge on any atom is -0.443 e. The first kappa shape index (κ1) is 22.1. The number of aliphatic hydroxyl groups is 1. The molecule has 1 aromatic carbocycles. The Balaban J connectivity index is 1.76. The summed E-state index contributed by atoms with van der Waals surface area (Å²) >= 11 is 0. The molecule has 3 aromatic rings. The molecule has 33 heavy (non-hydrogen) atoms. The molecule has 1 saturated carbocycles. The monoisotopic (exact) mass is 455 g/mol. The van der Waals surface area contributed by atoms with Gasteiger partial charge in [-0.3, -0.25) is 0 Å². The van der Waals surface area contributed by atoms with Crippen LogP contribution in [0.2, 0.25) is 0 Å². The van der Waals surface area contributed by atoms with E-state index in [1.165, 1.54) is 0 Å². The summed E-state index contributed by atoms with van der Waals surface area (Å²) in [6, 6.07) is 3.74. The SMILES string of the molecule is Cc1noc(C)c1-c1cc(C(O)C2OCCO2)c2nc(C3CC3)n(C(=O)OC(C)(C)C)c2c1. The summed E-state index contributed by atoms with van der Waals surface area (Å²) in [4.78, 5) is 18.2. The summed E-state index contributed by atoms with van der Waals surface area (Å²) in [6.07, 6.45) is -0.462. The second kappa shape index (κ2) is 7.93. The molecular weight excluding hydrogens is 426 g/mol. The van der Waals surface area contributed by atoms with Gasteiger partial charge in [0.2, 0.25) is 0 Å². The highest BCUT2D eigenvalue weighted by Crippen LogP contribution is 2.43. The van der Waals surface area contributed by atoms with Gasteiger partial charge in [0, 0.05) is 17.0 Å². The number of aromatic nitrogens is 3. The molecule has 1 saturated heterocycles. The zero-order valence-corrected chi connectivity index (χ0v) is 19.5. The Morgan fingerprint density at radius 3 is 2.48 bits per heavy atom. The van der Waals surface area contributed by atoms with Crippen molar-refractivity contribution in [3.8, 4) is 11.1 Å². The van der Waals surface area contributed by atoms with Crippen molar-refractivity contribution in [2.45, 2.75) is 71.4 Å². The third-order valence-electron chi connectivity index (χ3n) is 5.88. The largest absolute Gasteiger partial charge is 0.443 e. The molecule has 3 heterocycles. The van der Waals surface area contributed by atoms with Gasteiger partial charge in [-0.25, -0.2) is 14.3 Å². The first-order valence-corrected chi connectivity index (χ1v) is 11.3. The van der Waals surface area contributed by atoms with Gasteiger partial charge in [-0.1, -0.05) is 5.16 Å². The summed E-state index contributed by atoms with van der Waals surface area (Å²) in [6.45, 7) is 10.0. The Morgan fingerprint density at radius 1 is 1.21 bits per heavy atom. The van der Waals surface area contributed by atoms with Gasteiger partial charge in [-0.05, 0) is 65.2 Å². The van der Waals surface area contributed by atoms with Crippen molar-refractivity contribution in [1.29, 1.82) is 0 Å². The number of aryl methyl sites for hydroxylation is 2. The van der Waals surface area contributed by atoms with Gasteiger partial charge in [-0.2, -0.15) is 0 Å².